The van der Waals surface area contributed by atoms with Crippen LogP contribution < -0.4 is 5.73 Å². The molecule has 0 aliphatic carbocycles. The number of carbonyl (C=O) groups is 3. The van der Waals surface area contributed by atoms with Gasteiger partial charge in [0.05, 0.1) is 13.2 Å². The highest BCUT2D eigenvalue weighted by Crippen LogP contribution is 2.43. The molecule has 4 N–H and O–H groups in total. The summed E-state index contributed by atoms with van der Waals surface area (Å²) in [5.41, 5.74) is 5.33. The number of nitrogens with two attached hydrogens (primary N) is 1. The van der Waals surface area contributed by atoms with E-state index >= 15 is 0 Å². The second-order valence-corrected chi connectivity index (χ2v) is 16.2. The molecule has 0 saturated carbocycles. The fourth-order valence-corrected chi connectivity index (χ4v) is 6.39. The van der Waals surface area contributed by atoms with E-state index in [1.807, 2.05) is 12.2 Å². The van der Waals surface area contributed by atoms with Gasteiger partial charge in [0.2, 0.25) is 0 Å². The van der Waals surface area contributed by atoms with E-state index in [-0.39, 0.29) is 12.8 Å². The minimum absolute atomic E-state index is 0.0922. The van der Waals surface area contributed by atoms with Crippen LogP contribution in [0.1, 0.15) is 168 Å². The number of unbranched alkanes of at least 4 members (excludes halogenated alkanes) is 13. The molecule has 0 aromatic heterocycles. The first kappa shape index (κ1) is 56.7. The monoisotopic (exact) mass is 862 g/mol. The van der Waals surface area contributed by atoms with Crippen LogP contribution in [0.2, 0.25) is 0 Å². The van der Waals surface area contributed by atoms with Crippen molar-refractivity contribution in [3.63, 3.8) is 0 Å². The van der Waals surface area contributed by atoms with Crippen molar-refractivity contribution in [1.82, 2.24) is 0 Å². The molecular formula is C48H80NO10P. The lowest BCUT2D eigenvalue weighted by atomic mass is 10.1. The Hall–Kier alpha value is -3.34. The Labute approximate surface area is 362 Å². The molecule has 1 unspecified atom stereocenters. The molecule has 0 heterocycles. The van der Waals surface area contributed by atoms with Crippen molar-refractivity contribution in [3.05, 3.63) is 85.1 Å². The molecule has 0 rings (SSSR count). The fraction of sp³-hybridized carbons (Fsp3) is 0.646. The van der Waals surface area contributed by atoms with Crippen LogP contribution in [0, 0.1) is 0 Å². The van der Waals surface area contributed by atoms with Gasteiger partial charge in [0, 0.05) is 12.8 Å². The summed E-state index contributed by atoms with van der Waals surface area (Å²) in [6.45, 7) is 2.59. The molecule has 0 aliphatic rings. The van der Waals surface area contributed by atoms with E-state index in [4.69, 9.17) is 24.8 Å². The molecule has 0 fully saturated rings. The summed E-state index contributed by atoms with van der Waals surface area (Å²) in [6, 6.07) is -1.54. The smallest absolute Gasteiger partial charge is 0.472 e. The summed E-state index contributed by atoms with van der Waals surface area (Å²) >= 11 is 0. The number of phosphoric ester groups is 1. The van der Waals surface area contributed by atoms with Crippen LogP contribution in [0.15, 0.2) is 85.1 Å². The first-order chi connectivity index (χ1) is 29.1. The number of hydrogen-bond donors (Lipinski definition) is 3. The molecule has 0 aromatic rings. The maximum atomic E-state index is 12.6. The van der Waals surface area contributed by atoms with Crippen LogP contribution in [0.4, 0.5) is 0 Å². The predicted molar refractivity (Wildman–Crippen MR) is 244 cm³/mol. The van der Waals surface area contributed by atoms with E-state index in [2.05, 4.69) is 91.3 Å². The molecule has 0 aliphatic heterocycles. The number of allylic oxidation sites excluding steroid dienone is 14. The van der Waals surface area contributed by atoms with Gasteiger partial charge in [-0.1, -0.05) is 163 Å². The minimum Gasteiger partial charge on any atom is -0.480 e. The summed E-state index contributed by atoms with van der Waals surface area (Å²) in [4.78, 5) is 46.0. The third-order valence-corrected chi connectivity index (χ3v) is 10.1. The third-order valence-electron chi connectivity index (χ3n) is 9.14. The molecule has 60 heavy (non-hydrogen) atoms. The molecule has 3 atom stereocenters. The summed E-state index contributed by atoms with van der Waals surface area (Å²) in [7, 11) is -4.74. The van der Waals surface area contributed by atoms with Gasteiger partial charge >= 0.3 is 25.7 Å². The lowest BCUT2D eigenvalue weighted by molar-refractivity contribution is -0.161. The number of carboxylic acid groups (broad SMARTS) is 1. The van der Waals surface area contributed by atoms with Gasteiger partial charge in [-0.15, -0.1) is 0 Å². The van der Waals surface area contributed by atoms with Crippen molar-refractivity contribution in [3.8, 4) is 0 Å². The van der Waals surface area contributed by atoms with Crippen molar-refractivity contribution in [1.29, 1.82) is 0 Å². The number of phosphoric acid groups is 1. The zero-order valence-corrected chi connectivity index (χ0v) is 37.9. The largest absolute Gasteiger partial charge is 0.480 e. The average molecular weight is 862 g/mol. The van der Waals surface area contributed by atoms with E-state index in [0.717, 1.165) is 57.8 Å². The quantitative estimate of drug-likeness (QED) is 0.0231. The average Bonchev–Trinajstić information content (AvgIpc) is 3.22. The standard InChI is InChI=1S/C48H80NO10P/c1-3-5-7-9-11-13-15-17-19-21-22-24-25-27-29-31-33-35-37-39-46(50)56-41-44(42-57-60(54,55)58-43-45(49)48(52)53)59-47(51)40-38-36-34-32-30-28-26-23-20-18-16-14-12-10-8-6-4-2/h5,7,11,13-14,16-17,19,22,24,27,29,33,35,44-45H,3-4,6,8-10,12,15,18,20-21,23,25-26,28,30-32,34,36-43,49H2,1-2H3,(H,52,53)(H,54,55)/b7-5+,13-11+,16-14+,19-17+,24-22+,29-27+,35-33+/t44-,45+/m1/s1. The topological polar surface area (TPSA) is 172 Å². The second kappa shape index (κ2) is 42.4. The maximum absolute atomic E-state index is 12.6. The molecule has 0 radical (unpaired) electrons. The van der Waals surface area contributed by atoms with Gasteiger partial charge in [0.1, 0.15) is 12.6 Å². The van der Waals surface area contributed by atoms with Crippen LogP contribution in [0.5, 0.6) is 0 Å². The van der Waals surface area contributed by atoms with Crippen molar-refractivity contribution in [2.75, 3.05) is 19.8 Å². The van der Waals surface area contributed by atoms with Crippen molar-refractivity contribution in [2.45, 2.75) is 180 Å². The second-order valence-electron chi connectivity index (χ2n) is 14.8. The van der Waals surface area contributed by atoms with Gasteiger partial charge in [-0.3, -0.25) is 23.4 Å². The van der Waals surface area contributed by atoms with Crippen LogP contribution in [-0.4, -0.2) is 59.9 Å². The zero-order valence-electron chi connectivity index (χ0n) is 37.0. The number of esters is 2. The molecule has 12 heteroatoms. The number of carboxylic acids is 1. The van der Waals surface area contributed by atoms with Gasteiger partial charge in [0.15, 0.2) is 6.10 Å². The van der Waals surface area contributed by atoms with Crippen molar-refractivity contribution < 1.29 is 47.5 Å². The van der Waals surface area contributed by atoms with Crippen LogP contribution in [0.25, 0.3) is 0 Å². The summed E-state index contributed by atoms with van der Waals surface area (Å²) in [5.74, 6) is -2.49. The highest BCUT2D eigenvalue weighted by Gasteiger charge is 2.28. The van der Waals surface area contributed by atoms with Crippen molar-refractivity contribution in [2.24, 2.45) is 5.73 Å². The molecule has 342 valence electrons. The molecule has 0 amide bonds. The van der Waals surface area contributed by atoms with Crippen LogP contribution in [0.3, 0.4) is 0 Å². The van der Waals surface area contributed by atoms with E-state index in [1.54, 1.807) is 0 Å². The van der Waals surface area contributed by atoms with E-state index in [0.29, 0.717) is 12.8 Å². The van der Waals surface area contributed by atoms with Gasteiger partial charge in [-0.25, -0.2) is 4.57 Å². The Kier molecular flexibility index (Phi) is 40.0. The zero-order chi connectivity index (χ0) is 44.2. The number of aliphatic carboxylic acids is 1. The summed E-state index contributed by atoms with van der Waals surface area (Å²) < 4.78 is 32.6. The molecule has 0 bridgehead atoms. The Morgan fingerprint density at radius 1 is 0.533 bits per heavy atom. The van der Waals surface area contributed by atoms with E-state index in [1.165, 1.54) is 70.6 Å². The van der Waals surface area contributed by atoms with Gasteiger partial charge in [-0.2, -0.15) is 0 Å². The normalized spacial score (nSPS) is 14.5. The SMILES string of the molecule is CC/C=C/C/C=C/C/C=C/C/C=C/C/C=C/C/C=C/CCC(=O)OC[C@H](COP(=O)(O)OC[C@H](N)C(=O)O)OC(=O)CCCCCCCCCCC/C=C/CCCCCC. The molecule has 0 saturated heterocycles. The van der Waals surface area contributed by atoms with Gasteiger partial charge in [0.25, 0.3) is 0 Å². The predicted octanol–water partition coefficient (Wildman–Crippen LogP) is 12.3. The minimum atomic E-state index is -4.74. The van der Waals surface area contributed by atoms with Crippen LogP contribution in [-0.2, 0) is 37.5 Å². The van der Waals surface area contributed by atoms with E-state index < -0.39 is 57.7 Å². The van der Waals surface area contributed by atoms with Crippen molar-refractivity contribution >= 4 is 25.7 Å². The Morgan fingerprint density at radius 3 is 1.47 bits per heavy atom. The summed E-state index contributed by atoms with van der Waals surface area (Å²) in [5, 5.41) is 8.90. The summed E-state index contributed by atoms with van der Waals surface area (Å²) in [6.07, 6.45) is 52.3. The Bertz CT molecular complexity index is 1340. The number of carbonyl (C=O) groups excluding carboxylic acids is 2. The lowest BCUT2D eigenvalue weighted by Gasteiger charge is -2.20. The van der Waals surface area contributed by atoms with Crippen LogP contribution >= 0.6 is 7.82 Å². The number of rotatable bonds is 41. The molecular weight excluding hydrogens is 781 g/mol. The van der Waals surface area contributed by atoms with Gasteiger partial charge in [-0.05, 0) is 77.0 Å². The van der Waals surface area contributed by atoms with Gasteiger partial charge < -0.3 is 25.2 Å². The highest BCUT2D eigenvalue weighted by molar-refractivity contribution is 7.47. The lowest BCUT2D eigenvalue weighted by Crippen LogP contribution is -2.34. The Morgan fingerprint density at radius 2 is 0.967 bits per heavy atom. The first-order valence-electron chi connectivity index (χ1n) is 22.6. The number of hydrogen-bond acceptors (Lipinski definition) is 9. The molecule has 0 spiro atoms. The highest BCUT2D eigenvalue weighted by atomic mass is 31.2. The Balaban J connectivity index is 4.47. The maximum Gasteiger partial charge on any atom is 0.472 e. The molecule has 0 aromatic carbocycles. The molecule has 11 nitrogen and oxygen atoms in total. The van der Waals surface area contributed by atoms with E-state index in [9.17, 15) is 23.8 Å². The first-order valence-corrected chi connectivity index (χ1v) is 24.1. The fourth-order valence-electron chi connectivity index (χ4n) is 5.61. The third kappa shape index (κ3) is 41.4. The number of ether oxygens (including phenoxy) is 2.